The van der Waals surface area contributed by atoms with Crippen LogP contribution in [-0.2, 0) is 4.79 Å². The predicted molar refractivity (Wildman–Crippen MR) is 126 cm³/mol. The van der Waals surface area contributed by atoms with Crippen LogP contribution >= 0.6 is 11.8 Å². The van der Waals surface area contributed by atoms with Gasteiger partial charge in [-0.2, -0.15) is 0 Å². The van der Waals surface area contributed by atoms with Gasteiger partial charge in [0.1, 0.15) is 5.75 Å². The van der Waals surface area contributed by atoms with E-state index in [2.05, 4.69) is 20.5 Å². The summed E-state index contributed by atoms with van der Waals surface area (Å²) in [5.41, 5.74) is 3.70. The van der Waals surface area contributed by atoms with Crippen molar-refractivity contribution in [1.29, 1.82) is 0 Å². The summed E-state index contributed by atoms with van der Waals surface area (Å²) >= 11 is 1.36. The molecule has 0 bridgehead atoms. The van der Waals surface area contributed by atoms with Gasteiger partial charge in [-0.05, 0) is 62.4 Å². The van der Waals surface area contributed by atoms with E-state index < -0.39 is 5.25 Å². The first-order chi connectivity index (χ1) is 15.5. The number of thioether (sulfide) groups is 1. The van der Waals surface area contributed by atoms with Gasteiger partial charge in [-0.1, -0.05) is 29.5 Å². The first-order valence-corrected chi connectivity index (χ1v) is 11.0. The Morgan fingerprint density at radius 3 is 2.34 bits per heavy atom. The number of methoxy groups -OCH3 is 1. The van der Waals surface area contributed by atoms with Gasteiger partial charge >= 0.3 is 0 Å². The van der Waals surface area contributed by atoms with E-state index in [0.717, 1.165) is 22.6 Å². The minimum atomic E-state index is -0.393. The lowest BCUT2D eigenvalue weighted by atomic mass is 10.2. The van der Waals surface area contributed by atoms with Crippen LogP contribution in [0.15, 0.2) is 78.2 Å². The molecule has 1 amide bonds. The largest absolute Gasteiger partial charge is 0.497 e. The SMILES string of the molecule is COc1ccc(NC(=O)C(C)Sc2nnc(-c3ccncc3)n2-c2ccc(C)cc2)cc1. The van der Waals surface area contributed by atoms with E-state index in [0.29, 0.717) is 16.7 Å². The van der Waals surface area contributed by atoms with Crippen LogP contribution in [0.3, 0.4) is 0 Å². The molecular formula is C24H23N5O2S. The molecule has 2 aromatic heterocycles. The van der Waals surface area contributed by atoms with Crippen molar-refractivity contribution in [1.82, 2.24) is 19.7 Å². The second-order valence-corrected chi connectivity index (χ2v) is 8.50. The molecule has 0 aliphatic rings. The number of aromatic nitrogens is 4. The maximum Gasteiger partial charge on any atom is 0.237 e. The Morgan fingerprint density at radius 2 is 1.69 bits per heavy atom. The third kappa shape index (κ3) is 4.81. The summed E-state index contributed by atoms with van der Waals surface area (Å²) in [6, 6.07) is 19.1. The molecule has 32 heavy (non-hydrogen) atoms. The monoisotopic (exact) mass is 445 g/mol. The quantitative estimate of drug-likeness (QED) is 0.413. The molecule has 0 radical (unpaired) electrons. The molecule has 0 fully saturated rings. The van der Waals surface area contributed by atoms with Gasteiger partial charge in [0.05, 0.1) is 12.4 Å². The average molecular weight is 446 g/mol. The minimum absolute atomic E-state index is 0.121. The fourth-order valence-electron chi connectivity index (χ4n) is 3.09. The topological polar surface area (TPSA) is 81.9 Å². The van der Waals surface area contributed by atoms with Gasteiger partial charge in [0.2, 0.25) is 5.91 Å². The van der Waals surface area contributed by atoms with Gasteiger partial charge < -0.3 is 10.1 Å². The zero-order valence-electron chi connectivity index (χ0n) is 18.0. The molecular weight excluding hydrogens is 422 g/mol. The van der Waals surface area contributed by atoms with Crippen molar-refractivity contribution in [2.75, 3.05) is 12.4 Å². The number of pyridine rings is 1. The van der Waals surface area contributed by atoms with Crippen LogP contribution in [0.5, 0.6) is 5.75 Å². The van der Waals surface area contributed by atoms with Gasteiger partial charge in [0, 0.05) is 29.3 Å². The summed E-state index contributed by atoms with van der Waals surface area (Å²) in [5, 5.41) is 12.0. The molecule has 0 saturated heterocycles. The van der Waals surface area contributed by atoms with E-state index in [1.54, 1.807) is 19.5 Å². The molecule has 1 N–H and O–H groups in total. The first-order valence-electron chi connectivity index (χ1n) is 10.1. The average Bonchev–Trinajstić information content (AvgIpc) is 3.24. The molecule has 7 nitrogen and oxygen atoms in total. The Balaban J connectivity index is 1.60. The molecule has 4 aromatic rings. The summed E-state index contributed by atoms with van der Waals surface area (Å²) in [4.78, 5) is 16.9. The van der Waals surface area contributed by atoms with Gasteiger partial charge in [0.25, 0.3) is 0 Å². The number of carbonyl (C=O) groups is 1. The van der Waals surface area contributed by atoms with Gasteiger partial charge in [0.15, 0.2) is 11.0 Å². The minimum Gasteiger partial charge on any atom is -0.497 e. The molecule has 0 aliphatic heterocycles. The van der Waals surface area contributed by atoms with E-state index >= 15 is 0 Å². The van der Waals surface area contributed by atoms with E-state index in [1.807, 2.05) is 79.1 Å². The van der Waals surface area contributed by atoms with Crippen molar-refractivity contribution in [2.24, 2.45) is 0 Å². The summed E-state index contributed by atoms with van der Waals surface area (Å²) < 4.78 is 7.13. The molecule has 162 valence electrons. The van der Waals surface area contributed by atoms with Crippen molar-refractivity contribution in [3.63, 3.8) is 0 Å². The number of ether oxygens (including phenoxy) is 1. The molecule has 0 spiro atoms. The van der Waals surface area contributed by atoms with Crippen molar-refractivity contribution in [3.8, 4) is 22.8 Å². The Hall–Kier alpha value is -3.65. The van der Waals surface area contributed by atoms with E-state index in [9.17, 15) is 4.79 Å². The summed E-state index contributed by atoms with van der Waals surface area (Å²) in [6.07, 6.45) is 3.45. The number of hydrogen-bond acceptors (Lipinski definition) is 6. The lowest BCUT2D eigenvalue weighted by Crippen LogP contribution is -2.22. The number of hydrogen-bond donors (Lipinski definition) is 1. The predicted octanol–water partition coefficient (Wildman–Crippen LogP) is 4.77. The number of aryl methyl sites for hydroxylation is 1. The fourth-order valence-corrected chi connectivity index (χ4v) is 3.96. The lowest BCUT2D eigenvalue weighted by molar-refractivity contribution is -0.115. The van der Waals surface area contributed by atoms with Crippen molar-refractivity contribution in [3.05, 3.63) is 78.6 Å². The molecule has 1 unspecified atom stereocenters. The zero-order valence-corrected chi connectivity index (χ0v) is 18.8. The normalized spacial score (nSPS) is 11.7. The van der Waals surface area contributed by atoms with Crippen LogP contribution in [0.1, 0.15) is 12.5 Å². The van der Waals surface area contributed by atoms with Crippen molar-refractivity contribution in [2.45, 2.75) is 24.3 Å². The number of nitrogens with one attached hydrogen (secondary N) is 1. The van der Waals surface area contributed by atoms with Crippen LogP contribution in [0, 0.1) is 6.92 Å². The smallest absolute Gasteiger partial charge is 0.237 e. The van der Waals surface area contributed by atoms with Gasteiger partial charge in [-0.25, -0.2) is 0 Å². The molecule has 1 atom stereocenters. The van der Waals surface area contributed by atoms with Gasteiger partial charge in [-0.3, -0.25) is 14.3 Å². The Kier molecular flexibility index (Phi) is 6.51. The highest BCUT2D eigenvalue weighted by atomic mass is 32.2. The molecule has 0 saturated carbocycles. The van der Waals surface area contributed by atoms with Crippen LogP contribution in [0.25, 0.3) is 17.1 Å². The molecule has 0 aliphatic carbocycles. The summed E-state index contributed by atoms with van der Waals surface area (Å²) in [7, 11) is 1.61. The summed E-state index contributed by atoms with van der Waals surface area (Å²) in [5.74, 6) is 1.31. The fraction of sp³-hybridized carbons (Fsp3) is 0.167. The second-order valence-electron chi connectivity index (χ2n) is 7.19. The number of nitrogens with zero attached hydrogens (tertiary/aromatic N) is 4. The Bertz CT molecular complexity index is 1190. The number of benzene rings is 2. The Morgan fingerprint density at radius 1 is 1.00 bits per heavy atom. The number of anilines is 1. The number of amides is 1. The van der Waals surface area contributed by atoms with Gasteiger partial charge in [-0.15, -0.1) is 10.2 Å². The van der Waals surface area contributed by atoms with E-state index in [-0.39, 0.29) is 5.91 Å². The van der Waals surface area contributed by atoms with E-state index in [1.165, 1.54) is 11.8 Å². The zero-order chi connectivity index (χ0) is 22.5. The third-order valence-corrected chi connectivity index (χ3v) is 5.92. The highest BCUT2D eigenvalue weighted by Gasteiger charge is 2.22. The van der Waals surface area contributed by atoms with Crippen LogP contribution in [0.4, 0.5) is 5.69 Å². The highest BCUT2D eigenvalue weighted by molar-refractivity contribution is 8.00. The lowest BCUT2D eigenvalue weighted by Gasteiger charge is -2.14. The summed E-state index contributed by atoms with van der Waals surface area (Å²) in [6.45, 7) is 3.89. The van der Waals surface area contributed by atoms with Crippen LogP contribution in [-0.4, -0.2) is 38.0 Å². The number of carbonyl (C=O) groups excluding carboxylic acids is 1. The standard InChI is InChI=1S/C24H23N5O2S/c1-16-4-8-20(9-5-16)29-22(18-12-14-25-15-13-18)27-28-24(29)32-17(2)23(30)26-19-6-10-21(31-3)11-7-19/h4-15,17H,1-3H3,(H,26,30). The molecule has 8 heteroatoms. The maximum absolute atomic E-state index is 12.8. The molecule has 4 rings (SSSR count). The van der Waals surface area contributed by atoms with E-state index in [4.69, 9.17) is 4.74 Å². The second kappa shape index (κ2) is 9.65. The first kappa shape index (κ1) is 21.6. The molecule has 2 aromatic carbocycles. The van der Waals surface area contributed by atoms with Crippen molar-refractivity contribution >= 4 is 23.4 Å². The number of rotatable bonds is 7. The van der Waals surface area contributed by atoms with Crippen LogP contribution < -0.4 is 10.1 Å². The Labute approximate surface area is 190 Å². The third-order valence-electron chi connectivity index (χ3n) is 4.87. The van der Waals surface area contributed by atoms with Crippen molar-refractivity contribution < 1.29 is 9.53 Å². The highest BCUT2D eigenvalue weighted by Crippen LogP contribution is 2.30. The van der Waals surface area contributed by atoms with Crippen LogP contribution in [0.2, 0.25) is 0 Å². The molecule has 2 heterocycles. The maximum atomic E-state index is 12.8.